The van der Waals surface area contributed by atoms with Gasteiger partial charge in [-0.3, -0.25) is 4.79 Å². The Labute approximate surface area is 210 Å². The average Bonchev–Trinajstić information content (AvgIpc) is 3.29. The van der Waals surface area contributed by atoms with E-state index in [9.17, 15) is 13.6 Å². The van der Waals surface area contributed by atoms with Crippen molar-refractivity contribution in [3.05, 3.63) is 94.9 Å². The maximum Gasteiger partial charge on any atom is 0.387 e. The van der Waals surface area contributed by atoms with Gasteiger partial charge >= 0.3 is 6.61 Å². The van der Waals surface area contributed by atoms with Crippen LogP contribution in [-0.2, 0) is 18.4 Å². The summed E-state index contributed by atoms with van der Waals surface area (Å²) in [6.07, 6.45) is 2.28. The number of aromatic nitrogens is 2. The van der Waals surface area contributed by atoms with E-state index in [0.717, 1.165) is 22.2 Å². The van der Waals surface area contributed by atoms with Gasteiger partial charge in [0.2, 0.25) is 0 Å². The minimum atomic E-state index is -2.88. The van der Waals surface area contributed by atoms with E-state index in [-0.39, 0.29) is 17.1 Å². The largest absolute Gasteiger partial charge is 0.435 e. The van der Waals surface area contributed by atoms with E-state index in [1.165, 1.54) is 11.6 Å². The smallest absolute Gasteiger partial charge is 0.387 e. The summed E-state index contributed by atoms with van der Waals surface area (Å²) < 4.78 is 29.8. The van der Waals surface area contributed by atoms with Crippen LogP contribution < -0.4 is 4.74 Å². The second-order valence-corrected chi connectivity index (χ2v) is 10.0. The average molecular weight is 492 g/mol. The Morgan fingerprint density at radius 1 is 1.06 bits per heavy atom. The summed E-state index contributed by atoms with van der Waals surface area (Å²) in [5, 5.41) is 0.928. The van der Waals surface area contributed by atoms with Crippen molar-refractivity contribution in [2.45, 2.75) is 52.7 Å². The van der Waals surface area contributed by atoms with Gasteiger partial charge in [-0.25, -0.2) is 4.98 Å². The molecular formula is C29H31F2N3O2. The zero-order chi connectivity index (χ0) is 25.9. The Morgan fingerprint density at radius 2 is 1.81 bits per heavy atom. The number of pyridine rings is 1. The second-order valence-electron chi connectivity index (χ2n) is 10.0. The van der Waals surface area contributed by atoms with Gasteiger partial charge in [-0.1, -0.05) is 57.2 Å². The second kappa shape index (κ2) is 10.5. The van der Waals surface area contributed by atoms with E-state index >= 15 is 0 Å². The fraction of sp³-hybridized carbons (Fsp3) is 0.310. The number of hydrogen-bond acceptors (Lipinski definition) is 3. The SMILES string of the molecule is Cc1cc2cc[nH]c2c(C(=O)N(CCc2cccc(OC(F)F)c2)Cc2ccc(C(C)(C)C)cc2)n1. The molecule has 0 atom stereocenters. The van der Waals surface area contributed by atoms with Gasteiger partial charge in [0.25, 0.3) is 5.91 Å². The first-order valence-electron chi connectivity index (χ1n) is 12.0. The molecule has 5 nitrogen and oxygen atoms in total. The topological polar surface area (TPSA) is 58.2 Å². The lowest BCUT2D eigenvalue weighted by molar-refractivity contribution is -0.0498. The van der Waals surface area contributed by atoms with Gasteiger partial charge in [-0.15, -0.1) is 0 Å². The molecule has 2 aromatic carbocycles. The zero-order valence-electron chi connectivity index (χ0n) is 21.0. The highest BCUT2D eigenvalue weighted by Gasteiger charge is 2.22. The van der Waals surface area contributed by atoms with Crippen LogP contribution in [0.4, 0.5) is 8.78 Å². The molecule has 0 unspecified atom stereocenters. The lowest BCUT2D eigenvalue weighted by Gasteiger charge is -2.24. The molecule has 2 aromatic heterocycles. The summed E-state index contributed by atoms with van der Waals surface area (Å²) in [5.74, 6) is -0.0855. The molecule has 0 radical (unpaired) electrons. The molecule has 0 saturated carbocycles. The third kappa shape index (κ3) is 6.08. The fourth-order valence-electron chi connectivity index (χ4n) is 4.23. The van der Waals surface area contributed by atoms with E-state index in [2.05, 4.69) is 47.6 Å². The number of rotatable bonds is 8. The summed E-state index contributed by atoms with van der Waals surface area (Å²) in [7, 11) is 0. The highest BCUT2D eigenvalue weighted by Crippen LogP contribution is 2.24. The molecule has 0 spiro atoms. The first-order valence-corrected chi connectivity index (χ1v) is 12.0. The number of aromatic amines is 1. The van der Waals surface area contributed by atoms with Crippen LogP contribution in [0.5, 0.6) is 5.75 Å². The number of H-pyrrole nitrogens is 1. The van der Waals surface area contributed by atoms with Gasteiger partial charge in [0.1, 0.15) is 5.75 Å². The number of hydrogen-bond donors (Lipinski definition) is 1. The fourth-order valence-corrected chi connectivity index (χ4v) is 4.23. The number of amides is 1. The van der Waals surface area contributed by atoms with Crippen LogP contribution in [0.15, 0.2) is 66.9 Å². The Hall–Kier alpha value is -3.74. The molecule has 4 aromatic rings. The molecule has 2 heterocycles. The van der Waals surface area contributed by atoms with Gasteiger partial charge < -0.3 is 14.6 Å². The third-order valence-corrected chi connectivity index (χ3v) is 6.15. The molecule has 36 heavy (non-hydrogen) atoms. The number of fused-ring (bicyclic) bond motifs is 1. The van der Waals surface area contributed by atoms with Crippen LogP contribution in [0.2, 0.25) is 0 Å². The van der Waals surface area contributed by atoms with E-state index < -0.39 is 6.61 Å². The predicted octanol–water partition coefficient (Wildman–Crippen LogP) is 6.66. The minimum absolute atomic E-state index is 0.0318. The van der Waals surface area contributed by atoms with Gasteiger partial charge in [0.05, 0.1) is 5.52 Å². The molecular weight excluding hydrogens is 460 g/mol. The van der Waals surface area contributed by atoms with Crippen molar-refractivity contribution in [1.29, 1.82) is 0 Å². The molecule has 0 aliphatic rings. The van der Waals surface area contributed by atoms with Crippen molar-refractivity contribution in [2.75, 3.05) is 6.54 Å². The van der Waals surface area contributed by atoms with Gasteiger partial charge in [-0.2, -0.15) is 8.78 Å². The monoisotopic (exact) mass is 491 g/mol. The number of carbonyl (C=O) groups is 1. The third-order valence-electron chi connectivity index (χ3n) is 6.15. The molecule has 0 aliphatic carbocycles. The van der Waals surface area contributed by atoms with E-state index in [1.54, 1.807) is 23.2 Å². The van der Waals surface area contributed by atoms with Crippen LogP contribution in [0.25, 0.3) is 10.9 Å². The van der Waals surface area contributed by atoms with Crippen LogP contribution >= 0.6 is 0 Å². The van der Waals surface area contributed by atoms with Crippen molar-refractivity contribution in [2.24, 2.45) is 0 Å². The van der Waals surface area contributed by atoms with Crippen molar-refractivity contribution in [3.63, 3.8) is 0 Å². The maximum atomic E-state index is 13.8. The first-order chi connectivity index (χ1) is 17.1. The number of carbonyl (C=O) groups excluding carboxylic acids is 1. The Balaban J connectivity index is 1.62. The highest BCUT2D eigenvalue weighted by molar-refractivity contribution is 6.04. The van der Waals surface area contributed by atoms with Crippen molar-refractivity contribution in [1.82, 2.24) is 14.9 Å². The van der Waals surface area contributed by atoms with Crippen molar-refractivity contribution < 1.29 is 18.3 Å². The number of ether oxygens (including phenoxy) is 1. The highest BCUT2D eigenvalue weighted by atomic mass is 19.3. The Bertz CT molecular complexity index is 1340. The zero-order valence-corrected chi connectivity index (χ0v) is 21.0. The molecule has 0 bridgehead atoms. The maximum absolute atomic E-state index is 13.8. The Kier molecular flexibility index (Phi) is 7.38. The van der Waals surface area contributed by atoms with Crippen molar-refractivity contribution >= 4 is 16.8 Å². The normalized spacial score (nSPS) is 11.8. The molecule has 1 amide bonds. The lowest BCUT2D eigenvalue weighted by Crippen LogP contribution is -2.33. The van der Waals surface area contributed by atoms with Crippen LogP contribution in [0.1, 0.15) is 53.6 Å². The van der Waals surface area contributed by atoms with Crippen LogP contribution in [-0.4, -0.2) is 33.9 Å². The molecule has 0 saturated heterocycles. The molecule has 7 heteroatoms. The molecule has 1 N–H and O–H groups in total. The van der Waals surface area contributed by atoms with E-state index in [4.69, 9.17) is 0 Å². The molecule has 0 fully saturated rings. The quantitative estimate of drug-likeness (QED) is 0.300. The van der Waals surface area contributed by atoms with Gasteiger partial charge in [0.15, 0.2) is 5.69 Å². The predicted molar refractivity (Wildman–Crippen MR) is 137 cm³/mol. The van der Waals surface area contributed by atoms with E-state index in [0.29, 0.717) is 30.7 Å². The van der Waals surface area contributed by atoms with Gasteiger partial charge in [0, 0.05) is 30.4 Å². The van der Waals surface area contributed by atoms with E-state index in [1.807, 2.05) is 37.3 Å². The Morgan fingerprint density at radius 3 is 2.50 bits per heavy atom. The summed E-state index contributed by atoms with van der Waals surface area (Å²) in [6.45, 7) is 6.25. The summed E-state index contributed by atoms with van der Waals surface area (Å²) in [6, 6.07) is 18.7. The van der Waals surface area contributed by atoms with Crippen LogP contribution in [0, 0.1) is 6.92 Å². The summed E-state index contributed by atoms with van der Waals surface area (Å²) >= 11 is 0. The van der Waals surface area contributed by atoms with Crippen molar-refractivity contribution in [3.8, 4) is 5.75 Å². The number of nitrogens with zero attached hydrogens (tertiary/aromatic N) is 2. The first kappa shape index (κ1) is 25.4. The number of alkyl halides is 2. The number of aryl methyl sites for hydroxylation is 1. The molecule has 0 aliphatic heterocycles. The summed E-state index contributed by atoms with van der Waals surface area (Å²) in [5.41, 5.74) is 4.88. The number of halogens is 2. The standard InChI is InChI=1S/C29H31F2N3O2/c1-19-16-22-12-14-32-25(22)26(33-19)27(35)34(18-21-8-10-23(11-9-21)29(2,3)4)15-13-20-6-5-7-24(17-20)36-28(30)31/h5-12,14,16-17,28,32H,13,15,18H2,1-4H3. The summed E-state index contributed by atoms with van der Waals surface area (Å²) in [4.78, 5) is 23.3. The number of benzene rings is 2. The minimum Gasteiger partial charge on any atom is -0.435 e. The van der Waals surface area contributed by atoms with Crippen LogP contribution in [0.3, 0.4) is 0 Å². The molecule has 188 valence electrons. The lowest BCUT2D eigenvalue weighted by atomic mass is 9.87. The van der Waals surface area contributed by atoms with Gasteiger partial charge in [-0.05, 0) is 59.7 Å². The molecule has 4 rings (SSSR count). The number of nitrogens with one attached hydrogen (secondary N) is 1.